The van der Waals surface area contributed by atoms with E-state index in [-0.39, 0.29) is 6.04 Å². The van der Waals surface area contributed by atoms with E-state index in [2.05, 4.69) is 49.9 Å². The van der Waals surface area contributed by atoms with Crippen molar-refractivity contribution in [1.82, 2.24) is 4.90 Å². The van der Waals surface area contributed by atoms with Crippen LogP contribution in [0.2, 0.25) is 0 Å². The van der Waals surface area contributed by atoms with Crippen LogP contribution in [0.3, 0.4) is 0 Å². The van der Waals surface area contributed by atoms with E-state index in [1.165, 1.54) is 43.4 Å². The summed E-state index contributed by atoms with van der Waals surface area (Å²) in [6, 6.07) is 9.62. The predicted octanol–water partition coefficient (Wildman–Crippen LogP) is 4.29. The van der Waals surface area contributed by atoms with Gasteiger partial charge in [-0.25, -0.2) is 0 Å². The Morgan fingerprint density at radius 3 is 2.57 bits per heavy atom. The van der Waals surface area contributed by atoms with Crippen LogP contribution < -0.4 is 5.73 Å². The molecule has 0 radical (unpaired) electrons. The third-order valence-corrected chi connectivity index (χ3v) is 4.64. The Morgan fingerprint density at radius 1 is 1.24 bits per heavy atom. The van der Waals surface area contributed by atoms with E-state index in [1.54, 1.807) is 0 Å². The number of aryl methyl sites for hydroxylation is 1. The van der Waals surface area contributed by atoms with Crippen molar-refractivity contribution >= 4 is 0 Å². The molecule has 0 saturated heterocycles. The largest absolute Gasteiger partial charge is 0.324 e. The highest BCUT2D eigenvalue weighted by molar-refractivity contribution is 5.24. The maximum Gasteiger partial charge on any atom is 0.0307 e. The van der Waals surface area contributed by atoms with Gasteiger partial charge >= 0.3 is 0 Å². The smallest absolute Gasteiger partial charge is 0.0307 e. The molecule has 1 saturated carbocycles. The molecule has 0 heterocycles. The van der Waals surface area contributed by atoms with Crippen LogP contribution in [0.25, 0.3) is 0 Å². The summed E-state index contributed by atoms with van der Waals surface area (Å²) in [5.41, 5.74) is 9.00. The van der Waals surface area contributed by atoms with Crippen molar-refractivity contribution in [3.63, 3.8) is 0 Å². The Hall–Kier alpha value is -0.860. The molecule has 21 heavy (non-hydrogen) atoms. The highest BCUT2D eigenvalue weighted by Crippen LogP contribution is 2.25. The molecule has 2 rings (SSSR count). The van der Waals surface area contributed by atoms with E-state index >= 15 is 0 Å². The summed E-state index contributed by atoms with van der Waals surface area (Å²) < 4.78 is 0. The summed E-state index contributed by atoms with van der Waals surface area (Å²) in [6.45, 7) is 9.13. The fraction of sp³-hybridized carbons (Fsp3) is 0.684. The van der Waals surface area contributed by atoms with Crippen molar-refractivity contribution in [2.75, 3.05) is 13.1 Å². The Labute approximate surface area is 130 Å². The first kappa shape index (κ1) is 16.5. The second-order valence-electron chi connectivity index (χ2n) is 7.14. The Morgan fingerprint density at radius 2 is 1.95 bits per heavy atom. The monoisotopic (exact) mass is 288 g/mol. The fourth-order valence-corrected chi connectivity index (χ4v) is 3.53. The SMILES string of the molecule is Cc1cccc(C(N)CCN(CC(C)C)C2CCCC2)c1. The third kappa shape index (κ3) is 5.12. The van der Waals surface area contributed by atoms with E-state index in [0.29, 0.717) is 0 Å². The number of hydrogen-bond acceptors (Lipinski definition) is 2. The van der Waals surface area contributed by atoms with Crippen molar-refractivity contribution in [3.8, 4) is 0 Å². The number of benzene rings is 1. The summed E-state index contributed by atoms with van der Waals surface area (Å²) in [4.78, 5) is 2.70. The first-order chi connectivity index (χ1) is 10.1. The van der Waals surface area contributed by atoms with Crippen LogP contribution in [0.5, 0.6) is 0 Å². The standard InChI is InChI=1S/C19H32N2/c1-15(2)14-21(18-9-4-5-10-18)12-11-19(20)17-8-6-7-16(3)13-17/h6-8,13,15,18-19H,4-5,9-12,14,20H2,1-3H3. The molecule has 118 valence electrons. The van der Waals surface area contributed by atoms with Gasteiger partial charge in [-0.1, -0.05) is 56.5 Å². The van der Waals surface area contributed by atoms with Crippen LogP contribution in [-0.2, 0) is 0 Å². The maximum absolute atomic E-state index is 6.42. The van der Waals surface area contributed by atoms with Gasteiger partial charge in [0.15, 0.2) is 0 Å². The molecule has 2 N–H and O–H groups in total. The lowest BCUT2D eigenvalue weighted by atomic mass is 10.0. The van der Waals surface area contributed by atoms with Crippen LogP contribution in [0.1, 0.15) is 63.1 Å². The number of nitrogens with two attached hydrogens (primary N) is 1. The van der Waals surface area contributed by atoms with E-state index in [0.717, 1.165) is 24.9 Å². The molecule has 0 amide bonds. The maximum atomic E-state index is 6.42. The summed E-state index contributed by atoms with van der Waals surface area (Å²) in [6.07, 6.45) is 6.64. The normalized spacial score (nSPS) is 17.8. The van der Waals surface area contributed by atoms with Crippen molar-refractivity contribution in [2.45, 2.75) is 65.0 Å². The zero-order valence-corrected chi connectivity index (χ0v) is 14.0. The molecule has 2 nitrogen and oxygen atoms in total. The van der Waals surface area contributed by atoms with Crippen molar-refractivity contribution in [2.24, 2.45) is 11.7 Å². The van der Waals surface area contributed by atoms with E-state index < -0.39 is 0 Å². The van der Waals surface area contributed by atoms with Crippen LogP contribution in [0, 0.1) is 12.8 Å². The van der Waals surface area contributed by atoms with Crippen molar-refractivity contribution in [1.29, 1.82) is 0 Å². The van der Waals surface area contributed by atoms with Gasteiger partial charge in [-0.05, 0) is 37.7 Å². The van der Waals surface area contributed by atoms with Crippen LogP contribution in [0.4, 0.5) is 0 Å². The van der Waals surface area contributed by atoms with Crippen LogP contribution in [-0.4, -0.2) is 24.0 Å². The van der Waals surface area contributed by atoms with Gasteiger partial charge in [0.05, 0.1) is 0 Å². The predicted molar refractivity (Wildman–Crippen MR) is 91.4 cm³/mol. The molecule has 1 aromatic rings. The molecule has 0 spiro atoms. The van der Waals surface area contributed by atoms with Gasteiger partial charge < -0.3 is 10.6 Å². The van der Waals surface area contributed by atoms with Gasteiger partial charge in [-0.2, -0.15) is 0 Å². The molecule has 1 unspecified atom stereocenters. The van der Waals surface area contributed by atoms with Gasteiger partial charge in [-0.3, -0.25) is 0 Å². The van der Waals surface area contributed by atoms with Crippen LogP contribution in [0.15, 0.2) is 24.3 Å². The highest BCUT2D eigenvalue weighted by atomic mass is 15.2. The average Bonchev–Trinajstić information content (AvgIpc) is 2.96. The van der Waals surface area contributed by atoms with Gasteiger partial charge in [-0.15, -0.1) is 0 Å². The van der Waals surface area contributed by atoms with Crippen LogP contribution >= 0.6 is 0 Å². The summed E-state index contributed by atoms with van der Waals surface area (Å²) in [5.74, 6) is 0.737. The third-order valence-electron chi connectivity index (χ3n) is 4.64. The van der Waals surface area contributed by atoms with E-state index in [1.807, 2.05) is 0 Å². The molecule has 1 fully saturated rings. The first-order valence-corrected chi connectivity index (χ1v) is 8.62. The van der Waals surface area contributed by atoms with E-state index in [9.17, 15) is 0 Å². The van der Waals surface area contributed by atoms with Gasteiger partial charge in [0, 0.05) is 25.2 Å². The van der Waals surface area contributed by atoms with Gasteiger partial charge in [0.1, 0.15) is 0 Å². The number of hydrogen-bond donors (Lipinski definition) is 1. The second kappa shape index (κ2) is 7.95. The molecular formula is C19H32N2. The molecule has 1 aromatic carbocycles. The Bertz CT molecular complexity index is 421. The molecular weight excluding hydrogens is 256 g/mol. The highest BCUT2D eigenvalue weighted by Gasteiger charge is 2.23. The van der Waals surface area contributed by atoms with Gasteiger partial charge in [0.25, 0.3) is 0 Å². The van der Waals surface area contributed by atoms with Gasteiger partial charge in [0.2, 0.25) is 0 Å². The van der Waals surface area contributed by atoms with Crippen molar-refractivity contribution in [3.05, 3.63) is 35.4 Å². The second-order valence-corrected chi connectivity index (χ2v) is 7.14. The summed E-state index contributed by atoms with van der Waals surface area (Å²) >= 11 is 0. The molecule has 1 aliphatic rings. The zero-order chi connectivity index (χ0) is 15.2. The molecule has 0 aromatic heterocycles. The Kier molecular flexibility index (Phi) is 6.25. The molecule has 1 atom stereocenters. The topological polar surface area (TPSA) is 29.3 Å². The average molecular weight is 288 g/mol. The zero-order valence-electron chi connectivity index (χ0n) is 14.0. The minimum atomic E-state index is 0.168. The lowest BCUT2D eigenvalue weighted by Crippen LogP contribution is -2.38. The lowest BCUT2D eigenvalue weighted by Gasteiger charge is -2.31. The summed E-state index contributed by atoms with van der Waals surface area (Å²) in [7, 11) is 0. The molecule has 1 aliphatic carbocycles. The first-order valence-electron chi connectivity index (χ1n) is 8.62. The van der Waals surface area contributed by atoms with Crippen molar-refractivity contribution < 1.29 is 0 Å². The molecule has 2 heteroatoms. The number of nitrogens with zero attached hydrogens (tertiary/aromatic N) is 1. The fourth-order valence-electron chi connectivity index (χ4n) is 3.53. The number of rotatable bonds is 7. The minimum absolute atomic E-state index is 0.168. The summed E-state index contributed by atoms with van der Waals surface area (Å²) in [5, 5.41) is 0. The minimum Gasteiger partial charge on any atom is -0.324 e. The quantitative estimate of drug-likeness (QED) is 0.811. The van der Waals surface area contributed by atoms with E-state index in [4.69, 9.17) is 5.73 Å². The lowest BCUT2D eigenvalue weighted by molar-refractivity contribution is 0.171. The molecule has 0 bridgehead atoms. The molecule has 0 aliphatic heterocycles. The Balaban J connectivity index is 1.90.